The molecule has 0 aromatic heterocycles. The second kappa shape index (κ2) is 5.92. The molecular formula is C16H17ClO. The number of halogens is 1. The number of hydrogen-bond donors (Lipinski definition) is 0. The summed E-state index contributed by atoms with van der Waals surface area (Å²) >= 11 is 5.90. The van der Waals surface area contributed by atoms with Crippen molar-refractivity contribution in [3.63, 3.8) is 0 Å². The molecule has 2 heteroatoms. The zero-order valence-electron chi connectivity index (χ0n) is 10.7. The topological polar surface area (TPSA) is 9.23 Å². The van der Waals surface area contributed by atoms with Gasteiger partial charge in [-0.25, -0.2) is 0 Å². The van der Waals surface area contributed by atoms with Gasteiger partial charge in [-0.15, -0.1) is 11.6 Å². The molecule has 0 aliphatic rings. The molecule has 0 aliphatic heterocycles. The van der Waals surface area contributed by atoms with Crippen LogP contribution in [-0.4, -0.2) is 0 Å². The molecule has 0 saturated carbocycles. The van der Waals surface area contributed by atoms with Crippen molar-refractivity contribution in [2.45, 2.75) is 25.6 Å². The molecule has 1 nitrogen and oxygen atoms in total. The maximum absolute atomic E-state index is 5.91. The van der Waals surface area contributed by atoms with E-state index < -0.39 is 0 Å². The second-order valence-corrected chi connectivity index (χ2v) is 4.84. The lowest BCUT2D eigenvalue weighted by molar-refractivity contribution is 0.477. The fourth-order valence-electron chi connectivity index (χ4n) is 1.78. The van der Waals surface area contributed by atoms with Crippen molar-refractivity contribution in [3.8, 4) is 11.5 Å². The molecule has 94 valence electrons. The quantitative estimate of drug-likeness (QED) is 0.674. The highest BCUT2D eigenvalue weighted by Crippen LogP contribution is 2.28. The van der Waals surface area contributed by atoms with Gasteiger partial charge in [0.05, 0.1) is 5.88 Å². The Balaban J connectivity index is 2.25. The van der Waals surface area contributed by atoms with Crippen LogP contribution < -0.4 is 4.74 Å². The van der Waals surface area contributed by atoms with Gasteiger partial charge in [-0.1, -0.05) is 44.2 Å². The number of ether oxygens (including phenoxy) is 1. The number of benzene rings is 2. The molecule has 2 aromatic rings. The summed E-state index contributed by atoms with van der Waals surface area (Å²) in [6.45, 7) is 4.34. The predicted molar refractivity (Wildman–Crippen MR) is 76.6 cm³/mol. The van der Waals surface area contributed by atoms with E-state index in [-0.39, 0.29) is 0 Å². The van der Waals surface area contributed by atoms with E-state index in [2.05, 4.69) is 26.0 Å². The Kier molecular flexibility index (Phi) is 4.27. The van der Waals surface area contributed by atoms with Crippen LogP contribution in [0.3, 0.4) is 0 Å². The molecular weight excluding hydrogens is 244 g/mol. The lowest BCUT2D eigenvalue weighted by Crippen LogP contribution is -1.91. The highest BCUT2D eigenvalue weighted by atomic mass is 35.5. The van der Waals surface area contributed by atoms with Crippen molar-refractivity contribution in [1.82, 2.24) is 0 Å². The first kappa shape index (κ1) is 13.0. The molecule has 2 aromatic carbocycles. The van der Waals surface area contributed by atoms with Crippen LogP contribution in [-0.2, 0) is 5.88 Å². The Labute approximate surface area is 113 Å². The van der Waals surface area contributed by atoms with Gasteiger partial charge in [0.15, 0.2) is 0 Å². The van der Waals surface area contributed by atoms with Gasteiger partial charge in [0.1, 0.15) is 11.5 Å². The van der Waals surface area contributed by atoms with Gasteiger partial charge in [0, 0.05) is 5.56 Å². The molecule has 0 unspecified atom stereocenters. The number of rotatable bonds is 4. The number of alkyl halides is 1. The third-order valence-corrected chi connectivity index (χ3v) is 3.16. The van der Waals surface area contributed by atoms with Crippen LogP contribution in [0.1, 0.15) is 30.9 Å². The van der Waals surface area contributed by atoms with Crippen LogP contribution in [0.4, 0.5) is 0 Å². The molecule has 2 rings (SSSR count). The fraction of sp³-hybridized carbons (Fsp3) is 0.250. The summed E-state index contributed by atoms with van der Waals surface area (Å²) < 4.78 is 5.91. The van der Waals surface area contributed by atoms with Gasteiger partial charge in [0.25, 0.3) is 0 Å². The van der Waals surface area contributed by atoms with E-state index in [4.69, 9.17) is 16.3 Å². The summed E-state index contributed by atoms with van der Waals surface area (Å²) in [4.78, 5) is 0. The summed E-state index contributed by atoms with van der Waals surface area (Å²) in [5.74, 6) is 2.64. The second-order valence-electron chi connectivity index (χ2n) is 4.57. The van der Waals surface area contributed by atoms with Crippen molar-refractivity contribution in [2.75, 3.05) is 0 Å². The number of hydrogen-bond acceptors (Lipinski definition) is 1. The van der Waals surface area contributed by atoms with E-state index >= 15 is 0 Å². The molecule has 0 fully saturated rings. The van der Waals surface area contributed by atoms with Crippen molar-refractivity contribution in [3.05, 3.63) is 59.7 Å². The molecule has 0 amide bonds. The molecule has 18 heavy (non-hydrogen) atoms. The van der Waals surface area contributed by atoms with Crippen LogP contribution in [0.5, 0.6) is 11.5 Å². The van der Waals surface area contributed by atoms with Crippen LogP contribution in [0.25, 0.3) is 0 Å². The predicted octanol–water partition coefficient (Wildman–Crippen LogP) is 5.34. The van der Waals surface area contributed by atoms with Gasteiger partial charge < -0.3 is 4.74 Å². The molecule has 0 saturated heterocycles. The minimum absolute atomic E-state index is 0.458. The number of para-hydroxylation sites is 1. The minimum Gasteiger partial charge on any atom is -0.457 e. The lowest BCUT2D eigenvalue weighted by atomic mass is 10.0. The summed E-state index contributed by atoms with van der Waals surface area (Å²) in [5.41, 5.74) is 2.28. The molecule has 0 heterocycles. The summed E-state index contributed by atoms with van der Waals surface area (Å²) in [7, 11) is 0. The highest BCUT2D eigenvalue weighted by Gasteiger charge is 2.05. The molecule has 0 aliphatic carbocycles. The maximum Gasteiger partial charge on any atom is 0.131 e. The summed E-state index contributed by atoms with van der Waals surface area (Å²) in [6, 6.07) is 16.0. The Morgan fingerprint density at radius 1 is 1.06 bits per heavy atom. The maximum atomic E-state index is 5.91. The van der Waals surface area contributed by atoms with Gasteiger partial charge in [-0.3, -0.25) is 0 Å². The average molecular weight is 261 g/mol. The lowest BCUT2D eigenvalue weighted by Gasteiger charge is -2.11. The van der Waals surface area contributed by atoms with Crippen molar-refractivity contribution in [2.24, 2.45) is 0 Å². The van der Waals surface area contributed by atoms with E-state index in [9.17, 15) is 0 Å². The summed E-state index contributed by atoms with van der Waals surface area (Å²) in [5, 5.41) is 0. The molecule has 0 bridgehead atoms. The van der Waals surface area contributed by atoms with E-state index in [1.165, 1.54) is 5.56 Å². The van der Waals surface area contributed by atoms with Crippen molar-refractivity contribution in [1.29, 1.82) is 0 Å². The third-order valence-electron chi connectivity index (χ3n) is 2.87. The van der Waals surface area contributed by atoms with Gasteiger partial charge >= 0.3 is 0 Å². The minimum atomic E-state index is 0.458. The monoisotopic (exact) mass is 260 g/mol. The fourth-order valence-corrected chi connectivity index (χ4v) is 2.00. The van der Waals surface area contributed by atoms with Gasteiger partial charge in [0.2, 0.25) is 0 Å². The first-order valence-electron chi connectivity index (χ1n) is 6.12. The van der Waals surface area contributed by atoms with E-state index in [0.717, 1.165) is 17.1 Å². The summed E-state index contributed by atoms with van der Waals surface area (Å²) in [6.07, 6.45) is 0. The van der Waals surface area contributed by atoms with E-state index in [0.29, 0.717) is 11.8 Å². The van der Waals surface area contributed by atoms with Crippen molar-refractivity contribution < 1.29 is 4.74 Å². The van der Waals surface area contributed by atoms with E-state index in [1.807, 2.05) is 36.4 Å². The standard InChI is InChI=1S/C16H17ClO/c1-12(2)13-7-5-8-15(10-13)18-16-9-4-3-6-14(16)11-17/h3-10,12H,11H2,1-2H3. The molecule has 0 atom stereocenters. The molecule has 0 spiro atoms. The third kappa shape index (κ3) is 3.05. The molecule has 0 N–H and O–H groups in total. The van der Waals surface area contributed by atoms with Crippen LogP contribution in [0, 0.1) is 0 Å². The molecule has 0 radical (unpaired) electrons. The first-order chi connectivity index (χ1) is 8.70. The van der Waals surface area contributed by atoms with E-state index in [1.54, 1.807) is 0 Å². The van der Waals surface area contributed by atoms with Crippen LogP contribution in [0.15, 0.2) is 48.5 Å². The Morgan fingerprint density at radius 2 is 1.83 bits per heavy atom. The average Bonchev–Trinajstić information content (AvgIpc) is 2.39. The SMILES string of the molecule is CC(C)c1cccc(Oc2ccccc2CCl)c1. The van der Waals surface area contributed by atoms with Gasteiger partial charge in [-0.2, -0.15) is 0 Å². The van der Waals surface area contributed by atoms with Crippen LogP contribution >= 0.6 is 11.6 Å². The zero-order chi connectivity index (χ0) is 13.0. The van der Waals surface area contributed by atoms with Crippen molar-refractivity contribution >= 4 is 11.6 Å². The Morgan fingerprint density at radius 3 is 2.56 bits per heavy atom. The normalized spacial score (nSPS) is 10.7. The first-order valence-corrected chi connectivity index (χ1v) is 6.66. The zero-order valence-corrected chi connectivity index (χ0v) is 11.4. The Bertz CT molecular complexity index is 520. The largest absolute Gasteiger partial charge is 0.457 e. The van der Waals surface area contributed by atoms with Gasteiger partial charge in [-0.05, 0) is 29.7 Å². The smallest absolute Gasteiger partial charge is 0.131 e. The Hall–Kier alpha value is -1.47. The highest BCUT2D eigenvalue weighted by molar-refractivity contribution is 6.17. The van der Waals surface area contributed by atoms with Crippen LogP contribution in [0.2, 0.25) is 0 Å².